The van der Waals surface area contributed by atoms with Gasteiger partial charge in [-0.3, -0.25) is 19.7 Å². The molecule has 0 saturated carbocycles. The molecule has 1 aromatic carbocycles. The van der Waals surface area contributed by atoms with Gasteiger partial charge in [0.25, 0.3) is 5.69 Å². The summed E-state index contributed by atoms with van der Waals surface area (Å²) in [4.78, 5) is 43.2. The Morgan fingerprint density at radius 1 is 1.07 bits per heavy atom. The van der Waals surface area contributed by atoms with Crippen molar-refractivity contribution in [3.8, 4) is 0 Å². The summed E-state index contributed by atoms with van der Waals surface area (Å²) in [6.45, 7) is 6.03. The third-order valence-corrected chi connectivity index (χ3v) is 5.12. The summed E-state index contributed by atoms with van der Waals surface area (Å²) in [5, 5.41) is 10.9. The number of carbonyl (C=O) groups is 2. The molecule has 1 aliphatic heterocycles. The van der Waals surface area contributed by atoms with Crippen molar-refractivity contribution in [2.45, 2.75) is 26.7 Å². The number of pyridine rings is 1. The van der Waals surface area contributed by atoms with Crippen LogP contribution in [0.25, 0.3) is 0 Å². The first-order valence-corrected chi connectivity index (χ1v) is 9.59. The van der Waals surface area contributed by atoms with Gasteiger partial charge in [-0.25, -0.2) is 4.98 Å². The van der Waals surface area contributed by atoms with Crippen LogP contribution in [0.2, 0.25) is 0 Å². The van der Waals surface area contributed by atoms with Crippen LogP contribution < -0.4 is 4.90 Å². The number of aryl methyl sites for hydroxylation is 2. The molecule has 2 aromatic rings. The van der Waals surface area contributed by atoms with E-state index in [-0.39, 0.29) is 30.2 Å². The van der Waals surface area contributed by atoms with E-state index in [9.17, 15) is 19.7 Å². The zero-order chi connectivity index (χ0) is 21.0. The molecule has 0 bridgehead atoms. The maximum Gasteiger partial charge on any atom is 0.287 e. The Bertz CT molecular complexity index is 919. The van der Waals surface area contributed by atoms with E-state index in [1.165, 1.54) is 12.3 Å². The first-order valence-electron chi connectivity index (χ1n) is 9.59. The number of nitrogens with zero attached hydrogens (tertiary/aromatic N) is 4. The van der Waals surface area contributed by atoms with Gasteiger partial charge < -0.3 is 9.80 Å². The van der Waals surface area contributed by atoms with Crippen molar-refractivity contribution in [1.82, 2.24) is 9.88 Å². The second-order valence-corrected chi connectivity index (χ2v) is 7.25. The van der Waals surface area contributed by atoms with Gasteiger partial charge in [0.1, 0.15) is 12.0 Å². The van der Waals surface area contributed by atoms with Crippen LogP contribution in [-0.2, 0) is 4.79 Å². The summed E-state index contributed by atoms with van der Waals surface area (Å²) in [5.41, 5.74) is 2.43. The molecule has 0 spiro atoms. The Labute approximate surface area is 169 Å². The first-order chi connectivity index (χ1) is 13.8. The smallest absolute Gasteiger partial charge is 0.287 e. The first kappa shape index (κ1) is 20.4. The van der Waals surface area contributed by atoms with Gasteiger partial charge in [0.05, 0.1) is 4.92 Å². The number of Topliss-reactive ketones (excluding diaryl/α,β-unsaturated/α-hetero) is 1. The highest BCUT2D eigenvalue weighted by Crippen LogP contribution is 2.23. The van der Waals surface area contributed by atoms with E-state index in [1.54, 1.807) is 24.0 Å². The predicted octanol–water partition coefficient (Wildman–Crippen LogP) is 2.92. The standard InChI is InChI=1S/C21H24N4O4/c1-15-3-5-17(6-4-15)19(26)7-8-20(27)23-9-11-24(12-10-23)21-16(2)13-18(14-22-21)25(28)29/h3-6,13-14H,7-12H2,1-2H3. The minimum absolute atomic E-state index is 0.0253. The second kappa shape index (κ2) is 8.81. The number of aromatic nitrogens is 1. The summed E-state index contributed by atoms with van der Waals surface area (Å²) < 4.78 is 0. The molecule has 1 saturated heterocycles. The molecule has 0 aliphatic carbocycles. The van der Waals surface area contributed by atoms with Crippen LogP contribution in [0.3, 0.4) is 0 Å². The number of hydrogen-bond donors (Lipinski definition) is 0. The third-order valence-electron chi connectivity index (χ3n) is 5.12. The highest BCUT2D eigenvalue weighted by Gasteiger charge is 2.24. The summed E-state index contributed by atoms with van der Waals surface area (Å²) >= 11 is 0. The van der Waals surface area contributed by atoms with Crippen molar-refractivity contribution < 1.29 is 14.5 Å². The van der Waals surface area contributed by atoms with Crippen LogP contribution in [0.5, 0.6) is 0 Å². The SMILES string of the molecule is Cc1ccc(C(=O)CCC(=O)N2CCN(c3ncc([N+](=O)[O-])cc3C)CC2)cc1. The largest absolute Gasteiger partial charge is 0.353 e. The van der Waals surface area contributed by atoms with Gasteiger partial charge in [0.2, 0.25) is 5.91 Å². The zero-order valence-corrected chi connectivity index (χ0v) is 16.6. The summed E-state index contributed by atoms with van der Waals surface area (Å²) in [6.07, 6.45) is 1.66. The zero-order valence-electron chi connectivity index (χ0n) is 16.6. The summed E-state index contributed by atoms with van der Waals surface area (Å²) in [6, 6.07) is 8.88. The van der Waals surface area contributed by atoms with Gasteiger partial charge >= 0.3 is 0 Å². The van der Waals surface area contributed by atoms with Crippen molar-refractivity contribution >= 4 is 23.2 Å². The summed E-state index contributed by atoms with van der Waals surface area (Å²) in [5.74, 6) is 0.651. The third kappa shape index (κ3) is 4.96. The number of hydrogen-bond acceptors (Lipinski definition) is 6. The molecule has 0 atom stereocenters. The van der Waals surface area contributed by atoms with Crippen LogP contribution in [0.4, 0.5) is 11.5 Å². The molecular weight excluding hydrogens is 372 g/mol. The quantitative estimate of drug-likeness (QED) is 0.423. The molecule has 1 amide bonds. The molecule has 152 valence electrons. The predicted molar refractivity (Wildman–Crippen MR) is 109 cm³/mol. The normalized spacial score (nSPS) is 14.0. The molecule has 8 nitrogen and oxygen atoms in total. The maximum atomic E-state index is 12.5. The Morgan fingerprint density at radius 3 is 2.31 bits per heavy atom. The number of piperazine rings is 1. The van der Waals surface area contributed by atoms with Gasteiger partial charge in [0, 0.05) is 50.7 Å². The Balaban J connectivity index is 1.51. The maximum absolute atomic E-state index is 12.5. The van der Waals surface area contributed by atoms with Crippen molar-refractivity contribution in [1.29, 1.82) is 0 Å². The number of amides is 1. The average molecular weight is 396 g/mol. The lowest BCUT2D eigenvalue weighted by Gasteiger charge is -2.36. The van der Waals surface area contributed by atoms with E-state index in [0.29, 0.717) is 37.6 Å². The van der Waals surface area contributed by atoms with Crippen molar-refractivity contribution in [3.63, 3.8) is 0 Å². The van der Waals surface area contributed by atoms with Gasteiger partial charge in [-0.05, 0) is 19.4 Å². The van der Waals surface area contributed by atoms with Crippen molar-refractivity contribution in [2.24, 2.45) is 0 Å². The van der Waals surface area contributed by atoms with Crippen molar-refractivity contribution in [3.05, 3.63) is 63.3 Å². The molecule has 0 N–H and O–H groups in total. The van der Waals surface area contributed by atoms with Crippen LogP contribution in [0.15, 0.2) is 36.5 Å². The number of nitro groups is 1. The number of rotatable bonds is 6. The topological polar surface area (TPSA) is 96.7 Å². The molecule has 1 aromatic heterocycles. The van der Waals surface area contributed by atoms with Gasteiger partial charge in [-0.15, -0.1) is 0 Å². The minimum atomic E-state index is -0.460. The second-order valence-electron chi connectivity index (χ2n) is 7.25. The fraction of sp³-hybridized carbons (Fsp3) is 0.381. The minimum Gasteiger partial charge on any atom is -0.353 e. The van der Waals surface area contributed by atoms with E-state index in [4.69, 9.17) is 0 Å². The lowest BCUT2D eigenvalue weighted by atomic mass is 10.0. The van der Waals surface area contributed by atoms with Gasteiger partial charge in [-0.2, -0.15) is 0 Å². The Kier molecular flexibility index (Phi) is 6.21. The van der Waals surface area contributed by atoms with Crippen LogP contribution in [0.1, 0.15) is 34.3 Å². The number of benzene rings is 1. The molecule has 8 heteroatoms. The highest BCUT2D eigenvalue weighted by molar-refractivity contribution is 5.98. The molecule has 3 rings (SSSR count). The van der Waals surface area contributed by atoms with E-state index in [2.05, 4.69) is 4.98 Å². The molecule has 0 radical (unpaired) electrons. The Morgan fingerprint density at radius 2 is 1.72 bits per heavy atom. The molecule has 1 aliphatic rings. The molecular formula is C21H24N4O4. The highest BCUT2D eigenvalue weighted by atomic mass is 16.6. The van der Waals surface area contributed by atoms with E-state index in [1.807, 2.05) is 24.0 Å². The van der Waals surface area contributed by atoms with Crippen LogP contribution in [-0.4, -0.2) is 52.7 Å². The van der Waals surface area contributed by atoms with E-state index >= 15 is 0 Å². The lowest BCUT2D eigenvalue weighted by Crippen LogP contribution is -2.49. The molecule has 1 fully saturated rings. The monoisotopic (exact) mass is 396 g/mol. The van der Waals surface area contributed by atoms with Crippen molar-refractivity contribution in [2.75, 3.05) is 31.1 Å². The number of carbonyl (C=O) groups excluding carboxylic acids is 2. The lowest BCUT2D eigenvalue weighted by molar-refractivity contribution is -0.385. The molecule has 0 unspecified atom stereocenters. The Hall–Kier alpha value is -3.29. The fourth-order valence-corrected chi connectivity index (χ4v) is 3.41. The summed E-state index contributed by atoms with van der Waals surface area (Å²) in [7, 11) is 0. The van der Waals surface area contributed by atoms with Crippen LogP contribution >= 0.6 is 0 Å². The molecule has 29 heavy (non-hydrogen) atoms. The number of ketones is 1. The molecule has 2 heterocycles. The van der Waals surface area contributed by atoms with Gasteiger partial charge in [-0.1, -0.05) is 29.8 Å². The van der Waals surface area contributed by atoms with Crippen LogP contribution in [0, 0.1) is 24.0 Å². The van der Waals surface area contributed by atoms with E-state index in [0.717, 1.165) is 11.1 Å². The van der Waals surface area contributed by atoms with Gasteiger partial charge in [0.15, 0.2) is 5.78 Å². The fourth-order valence-electron chi connectivity index (χ4n) is 3.41. The average Bonchev–Trinajstić information content (AvgIpc) is 2.72. The van der Waals surface area contributed by atoms with E-state index < -0.39 is 4.92 Å². The number of anilines is 1.